The lowest BCUT2D eigenvalue weighted by Crippen LogP contribution is -2.20. The molecule has 0 N–H and O–H groups in total. The zero-order valence-electron chi connectivity index (χ0n) is 40.4. The maximum atomic E-state index is 12.4. The summed E-state index contributed by atoms with van der Waals surface area (Å²) >= 11 is 0. The summed E-state index contributed by atoms with van der Waals surface area (Å²) in [7, 11) is 6.38. The maximum absolute atomic E-state index is 12.4. The van der Waals surface area contributed by atoms with Crippen LogP contribution in [0.2, 0.25) is 0 Å². The molecular weight excluding hydrogens is 815 g/mol. The molecular formula is C56H71NO8. The Morgan fingerprint density at radius 1 is 0.585 bits per heavy atom. The number of ether oxygens (including phenoxy) is 7. The van der Waals surface area contributed by atoms with Crippen LogP contribution in [0.1, 0.15) is 101 Å². The lowest BCUT2D eigenvalue weighted by Gasteiger charge is -2.27. The van der Waals surface area contributed by atoms with Crippen LogP contribution < -0.4 is 28.4 Å². The highest BCUT2D eigenvalue weighted by Crippen LogP contribution is 2.35. The van der Waals surface area contributed by atoms with E-state index in [9.17, 15) is 4.79 Å². The van der Waals surface area contributed by atoms with Crippen molar-refractivity contribution in [3.63, 3.8) is 0 Å². The number of benzene rings is 5. The number of carbonyl (C=O) groups is 1. The molecule has 9 nitrogen and oxygen atoms in total. The molecule has 5 aromatic carbocycles. The van der Waals surface area contributed by atoms with Gasteiger partial charge in [-0.15, -0.1) is 0 Å². The van der Waals surface area contributed by atoms with Crippen LogP contribution in [0.25, 0.3) is 0 Å². The van der Waals surface area contributed by atoms with Crippen LogP contribution in [0.5, 0.6) is 34.5 Å². The monoisotopic (exact) mass is 886 g/mol. The first-order chi connectivity index (χ1) is 31.3. The predicted octanol–water partition coefficient (Wildman–Crippen LogP) is 12.3. The van der Waals surface area contributed by atoms with Gasteiger partial charge in [-0.3, -0.25) is 9.79 Å². The van der Waals surface area contributed by atoms with E-state index >= 15 is 0 Å². The number of esters is 1. The second kappa shape index (κ2) is 24.4. The molecule has 5 rings (SSSR count). The van der Waals surface area contributed by atoms with Crippen molar-refractivity contribution in [1.29, 1.82) is 0 Å². The van der Waals surface area contributed by atoms with Gasteiger partial charge >= 0.3 is 5.97 Å². The Labute approximate surface area is 388 Å². The molecule has 3 atom stereocenters. The molecule has 0 heterocycles. The van der Waals surface area contributed by atoms with Crippen LogP contribution in [0.4, 0.5) is 0 Å². The second-order valence-electron chi connectivity index (χ2n) is 18.0. The molecule has 65 heavy (non-hydrogen) atoms. The maximum Gasteiger partial charge on any atom is 0.305 e. The van der Waals surface area contributed by atoms with Crippen molar-refractivity contribution in [1.82, 2.24) is 0 Å². The lowest BCUT2D eigenvalue weighted by atomic mass is 9.78. The quantitative estimate of drug-likeness (QED) is 0.0308. The molecule has 0 saturated carbocycles. The third-order valence-corrected chi connectivity index (χ3v) is 12.6. The Kier molecular flexibility index (Phi) is 18.8. The van der Waals surface area contributed by atoms with Gasteiger partial charge < -0.3 is 33.2 Å². The summed E-state index contributed by atoms with van der Waals surface area (Å²) in [5, 5.41) is 0. The highest BCUT2D eigenvalue weighted by atomic mass is 16.5. The van der Waals surface area contributed by atoms with Gasteiger partial charge in [-0.25, -0.2) is 0 Å². The van der Waals surface area contributed by atoms with E-state index in [4.69, 9.17) is 33.2 Å². The number of methoxy groups -OCH3 is 4. The van der Waals surface area contributed by atoms with Crippen molar-refractivity contribution >= 4 is 12.2 Å². The van der Waals surface area contributed by atoms with Crippen molar-refractivity contribution in [2.75, 3.05) is 54.8 Å². The van der Waals surface area contributed by atoms with Crippen LogP contribution in [0.15, 0.2) is 120 Å². The fourth-order valence-corrected chi connectivity index (χ4v) is 8.00. The van der Waals surface area contributed by atoms with Crippen LogP contribution >= 0.6 is 0 Å². The minimum Gasteiger partial charge on any atom is -0.497 e. The average molecular weight is 886 g/mol. The highest BCUT2D eigenvalue weighted by Gasteiger charge is 2.25. The molecule has 0 aliphatic carbocycles. The zero-order valence-corrected chi connectivity index (χ0v) is 40.4. The summed E-state index contributed by atoms with van der Waals surface area (Å²) in [6.07, 6.45) is 5.82. The lowest BCUT2D eigenvalue weighted by molar-refractivity contribution is -0.142. The van der Waals surface area contributed by atoms with Gasteiger partial charge in [0.2, 0.25) is 0 Å². The summed E-state index contributed by atoms with van der Waals surface area (Å²) in [5.74, 6) is 5.24. The van der Waals surface area contributed by atoms with Gasteiger partial charge in [0.1, 0.15) is 23.0 Å². The smallest absolute Gasteiger partial charge is 0.305 e. The summed E-state index contributed by atoms with van der Waals surface area (Å²) in [5.41, 5.74) is 5.41. The molecule has 0 saturated heterocycles. The zero-order chi connectivity index (χ0) is 46.8. The van der Waals surface area contributed by atoms with Crippen molar-refractivity contribution in [2.24, 2.45) is 22.7 Å². The summed E-state index contributed by atoms with van der Waals surface area (Å²) in [4.78, 5) is 17.0. The summed E-state index contributed by atoms with van der Waals surface area (Å²) in [6.45, 7) is 15.6. The number of aliphatic imine (C=N–C) groups is 1. The fraction of sp³-hybridized carbons (Fsp3) is 0.429. The number of rotatable bonds is 26. The van der Waals surface area contributed by atoms with Gasteiger partial charge in [0.05, 0.1) is 48.3 Å². The van der Waals surface area contributed by atoms with Gasteiger partial charge in [0, 0.05) is 35.9 Å². The van der Waals surface area contributed by atoms with Crippen molar-refractivity contribution in [2.45, 2.75) is 84.5 Å². The minimum atomic E-state index is -0.226. The van der Waals surface area contributed by atoms with Crippen LogP contribution in [0, 0.1) is 17.8 Å². The summed E-state index contributed by atoms with van der Waals surface area (Å²) in [6, 6.07) is 39.2. The topological polar surface area (TPSA) is 94.0 Å². The second-order valence-corrected chi connectivity index (χ2v) is 18.0. The first kappa shape index (κ1) is 50.0. The van der Waals surface area contributed by atoms with E-state index in [1.807, 2.05) is 36.5 Å². The molecule has 0 aliphatic heterocycles. The molecule has 0 fully saturated rings. The molecule has 0 aromatic heterocycles. The molecule has 3 unspecified atom stereocenters. The van der Waals surface area contributed by atoms with E-state index in [2.05, 4.69) is 131 Å². The van der Waals surface area contributed by atoms with E-state index in [1.54, 1.807) is 21.3 Å². The average Bonchev–Trinajstić information content (AvgIpc) is 3.33. The molecule has 5 aromatic rings. The SMILES string of the molecule is CCC(COc1ccc(C(C)(C)c2ccc(OCC(C)COc3ccc(C(C)(C)c4ccc(OC)cc4)cc3)cc2)cc1)CC(CCCN=Cc1ccc(OC)c(OC)c1)CC(=O)OC. The van der Waals surface area contributed by atoms with Gasteiger partial charge in [-0.1, -0.05) is 96.5 Å². The Morgan fingerprint density at radius 2 is 1.05 bits per heavy atom. The molecule has 9 heteroatoms. The fourth-order valence-electron chi connectivity index (χ4n) is 8.00. The van der Waals surface area contributed by atoms with Gasteiger partial charge in [0.25, 0.3) is 0 Å². The Bertz CT molecular complexity index is 2210. The third kappa shape index (κ3) is 14.5. The third-order valence-electron chi connectivity index (χ3n) is 12.6. The van der Waals surface area contributed by atoms with Gasteiger partial charge in [0.15, 0.2) is 11.5 Å². The minimum absolute atomic E-state index is 0.147. The van der Waals surface area contributed by atoms with E-state index in [-0.39, 0.29) is 28.6 Å². The van der Waals surface area contributed by atoms with Gasteiger partial charge in [-0.2, -0.15) is 0 Å². The van der Waals surface area contributed by atoms with Crippen molar-refractivity contribution < 1.29 is 38.0 Å². The normalized spacial score (nSPS) is 13.1. The van der Waals surface area contributed by atoms with Crippen LogP contribution in [-0.4, -0.2) is 67.0 Å². The number of carbonyl (C=O) groups excluding carboxylic acids is 1. The number of nitrogens with zero attached hydrogens (tertiary/aromatic N) is 1. The molecule has 348 valence electrons. The predicted molar refractivity (Wildman–Crippen MR) is 262 cm³/mol. The van der Waals surface area contributed by atoms with E-state index in [0.29, 0.717) is 50.2 Å². The molecule has 0 amide bonds. The summed E-state index contributed by atoms with van der Waals surface area (Å²) < 4.78 is 39.8. The van der Waals surface area contributed by atoms with E-state index < -0.39 is 0 Å². The Balaban J connectivity index is 1.06. The van der Waals surface area contributed by atoms with Crippen molar-refractivity contribution in [3.8, 4) is 34.5 Å². The standard InChI is InChI=1S/C56H71NO8/c1-11-41(33-42(35-54(58)62-10)13-12-32-57-36-43-14-31-52(60-8)53(34-43)61-9)39-65-51-29-21-47(22-30-51)56(5,6)46-19-27-50(28-20-46)64-38-40(2)37-63-49-25-17-45(18-26-49)55(3,4)44-15-23-48(59-7)24-16-44/h14-31,34,36,40-42H,11-13,32-33,35,37-39H2,1-10H3. The van der Waals surface area contributed by atoms with Crippen molar-refractivity contribution in [3.05, 3.63) is 143 Å². The number of hydrogen-bond acceptors (Lipinski definition) is 9. The van der Waals surface area contributed by atoms with Crippen LogP contribution in [0.3, 0.4) is 0 Å². The first-order valence-electron chi connectivity index (χ1n) is 22.9. The number of hydrogen-bond donors (Lipinski definition) is 0. The van der Waals surface area contributed by atoms with E-state index in [0.717, 1.165) is 54.2 Å². The highest BCUT2D eigenvalue weighted by molar-refractivity contribution is 5.81. The Hall–Kier alpha value is -5.96. The van der Waals surface area contributed by atoms with E-state index in [1.165, 1.54) is 29.4 Å². The Morgan fingerprint density at radius 3 is 1.48 bits per heavy atom. The van der Waals surface area contributed by atoms with Gasteiger partial charge in [-0.05, 0) is 126 Å². The molecule has 0 radical (unpaired) electrons. The first-order valence-corrected chi connectivity index (χ1v) is 22.9. The molecule has 0 bridgehead atoms. The molecule has 0 aliphatic rings. The largest absolute Gasteiger partial charge is 0.497 e. The van der Waals surface area contributed by atoms with Crippen LogP contribution in [-0.2, 0) is 20.4 Å². The molecule has 0 spiro atoms.